The van der Waals surface area contributed by atoms with Crippen LogP contribution in [-0.4, -0.2) is 32.3 Å². The molecule has 1 N–H and O–H groups in total. The van der Waals surface area contributed by atoms with Crippen molar-refractivity contribution >= 4 is 5.91 Å². The summed E-state index contributed by atoms with van der Waals surface area (Å²) in [6, 6.07) is 7.56. The molecule has 0 saturated carbocycles. The van der Waals surface area contributed by atoms with Gasteiger partial charge in [-0.05, 0) is 43.5 Å². The molecular weight excluding hydrogens is 363 g/mol. The Morgan fingerprint density at radius 1 is 1.39 bits per heavy atom. The Balaban J connectivity index is 1.54. The summed E-state index contributed by atoms with van der Waals surface area (Å²) in [4.78, 5) is 36.8. The van der Waals surface area contributed by atoms with Crippen LogP contribution in [0.1, 0.15) is 52.3 Å². The van der Waals surface area contributed by atoms with Crippen molar-refractivity contribution in [2.75, 3.05) is 6.54 Å². The Morgan fingerprint density at radius 2 is 2.25 bits per heavy atom. The van der Waals surface area contributed by atoms with Crippen LogP contribution in [0.3, 0.4) is 0 Å². The van der Waals surface area contributed by atoms with Crippen molar-refractivity contribution < 1.29 is 13.6 Å². The summed E-state index contributed by atoms with van der Waals surface area (Å²) >= 11 is 0. The van der Waals surface area contributed by atoms with Crippen LogP contribution in [0, 0.1) is 12.7 Å². The largest absolute Gasteiger partial charge is 0.443 e. The maximum absolute atomic E-state index is 13.4. The van der Waals surface area contributed by atoms with Crippen molar-refractivity contribution in [3.63, 3.8) is 0 Å². The van der Waals surface area contributed by atoms with E-state index >= 15 is 0 Å². The van der Waals surface area contributed by atoms with Crippen LogP contribution in [-0.2, 0) is 6.42 Å². The van der Waals surface area contributed by atoms with E-state index in [2.05, 4.69) is 15.0 Å². The molecule has 8 heteroatoms. The van der Waals surface area contributed by atoms with E-state index in [1.807, 2.05) is 6.07 Å². The maximum Gasteiger partial charge on any atom is 0.345 e. The average molecular weight is 382 g/mol. The lowest BCUT2D eigenvalue weighted by Gasteiger charge is -2.21. The van der Waals surface area contributed by atoms with Gasteiger partial charge in [-0.3, -0.25) is 4.79 Å². The fourth-order valence-electron chi connectivity index (χ4n) is 3.51. The number of nitrogens with zero attached hydrogens (tertiary/aromatic N) is 3. The van der Waals surface area contributed by atoms with Crippen molar-refractivity contribution in [3.8, 4) is 0 Å². The molecule has 7 nitrogen and oxygen atoms in total. The number of rotatable bonds is 4. The predicted molar refractivity (Wildman–Crippen MR) is 98.3 cm³/mol. The van der Waals surface area contributed by atoms with Crippen molar-refractivity contribution in [3.05, 3.63) is 81.4 Å². The lowest BCUT2D eigenvalue weighted by molar-refractivity contribution is 0.0708. The van der Waals surface area contributed by atoms with Crippen LogP contribution in [0.5, 0.6) is 0 Å². The highest BCUT2D eigenvalue weighted by molar-refractivity contribution is 5.92. The van der Waals surface area contributed by atoms with E-state index in [4.69, 9.17) is 4.42 Å². The van der Waals surface area contributed by atoms with Gasteiger partial charge in [-0.25, -0.2) is 14.2 Å². The molecule has 1 aliphatic rings. The summed E-state index contributed by atoms with van der Waals surface area (Å²) in [5.74, 6) is 0.427. The minimum Gasteiger partial charge on any atom is -0.443 e. The number of hydrogen-bond donors (Lipinski definition) is 1. The SMILES string of the molecule is Cc1cc(C(=O)N2CCCC2c2ncc(Cc3cccc(F)c3)o2)nc(=O)[nH]1. The predicted octanol–water partition coefficient (Wildman–Crippen LogP) is 2.77. The zero-order valence-electron chi connectivity index (χ0n) is 15.3. The molecule has 1 fully saturated rings. The molecule has 0 aliphatic carbocycles. The van der Waals surface area contributed by atoms with Gasteiger partial charge < -0.3 is 14.3 Å². The minimum absolute atomic E-state index is 0.111. The summed E-state index contributed by atoms with van der Waals surface area (Å²) in [5, 5.41) is 0. The second kappa shape index (κ2) is 7.38. The molecule has 3 heterocycles. The molecule has 0 spiro atoms. The van der Waals surface area contributed by atoms with Gasteiger partial charge in [0.05, 0.1) is 6.20 Å². The van der Waals surface area contributed by atoms with Gasteiger partial charge >= 0.3 is 5.69 Å². The van der Waals surface area contributed by atoms with Gasteiger partial charge in [-0.2, -0.15) is 4.98 Å². The second-order valence-electron chi connectivity index (χ2n) is 6.88. The number of aromatic amines is 1. The molecule has 1 aliphatic heterocycles. The molecule has 1 amide bonds. The first-order chi connectivity index (χ1) is 13.5. The monoisotopic (exact) mass is 382 g/mol. The number of nitrogens with one attached hydrogen (secondary N) is 1. The lowest BCUT2D eigenvalue weighted by Crippen LogP contribution is -2.33. The van der Waals surface area contributed by atoms with Gasteiger partial charge in [0.25, 0.3) is 5.91 Å². The standard InChI is InChI=1S/C20H19FN4O3/c1-12-8-16(24-20(27)23-12)19(26)25-7-3-6-17(25)18-22-11-15(28-18)10-13-4-2-5-14(21)9-13/h2,4-5,8-9,11,17H,3,6-7,10H2,1H3,(H,23,24,27). The van der Waals surface area contributed by atoms with Gasteiger partial charge in [-0.1, -0.05) is 12.1 Å². The van der Waals surface area contributed by atoms with Crippen LogP contribution in [0.4, 0.5) is 4.39 Å². The summed E-state index contributed by atoms with van der Waals surface area (Å²) in [6.07, 6.45) is 3.55. The quantitative estimate of drug-likeness (QED) is 0.749. The van der Waals surface area contributed by atoms with E-state index in [0.717, 1.165) is 12.0 Å². The van der Waals surface area contributed by atoms with Gasteiger partial charge in [0, 0.05) is 18.7 Å². The zero-order valence-corrected chi connectivity index (χ0v) is 15.3. The fraction of sp³-hybridized carbons (Fsp3) is 0.300. The van der Waals surface area contributed by atoms with Crippen LogP contribution in [0.25, 0.3) is 0 Å². The third kappa shape index (κ3) is 3.71. The molecule has 1 unspecified atom stereocenters. The van der Waals surface area contributed by atoms with E-state index in [-0.39, 0.29) is 23.5 Å². The zero-order chi connectivity index (χ0) is 19.7. The summed E-state index contributed by atoms with van der Waals surface area (Å²) in [6.45, 7) is 2.24. The number of hydrogen-bond acceptors (Lipinski definition) is 5. The highest BCUT2D eigenvalue weighted by Crippen LogP contribution is 2.32. The number of H-pyrrole nitrogens is 1. The number of halogens is 1. The molecule has 3 aromatic rings. The van der Waals surface area contributed by atoms with Gasteiger partial charge in [0.1, 0.15) is 23.3 Å². The van der Waals surface area contributed by atoms with Crippen LogP contribution in [0.15, 0.2) is 45.7 Å². The third-order valence-corrected chi connectivity index (χ3v) is 4.74. The van der Waals surface area contributed by atoms with Crippen molar-refractivity contribution in [2.45, 2.75) is 32.2 Å². The molecule has 28 heavy (non-hydrogen) atoms. The van der Waals surface area contributed by atoms with Crippen molar-refractivity contribution in [1.29, 1.82) is 0 Å². The summed E-state index contributed by atoms with van der Waals surface area (Å²) in [5.41, 5.74) is 0.921. The average Bonchev–Trinajstić information content (AvgIpc) is 3.29. The molecule has 144 valence electrons. The minimum atomic E-state index is -0.549. The van der Waals surface area contributed by atoms with Crippen molar-refractivity contribution in [1.82, 2.24) is 19.9 Å². The number of aryl methyl sites for hydroxylation is 1. The van der Waals surface area contributed by atoms with E-state index in [9.17, 15) is 14.0 Å². The molecular formula is C20H19FN4O3. The number of likely N-dealkylation sites (tertiary alicyclic amines) is 1. The molecule has 4 rings (SSSR count). The van der Waals surface area contributed by atoms with Gasteiger partial charge in [0.15, 0.2) is 0 Å². The molecule has 0 radical (unpaired) electrons. The molecule has 2 aromatic heterocycles. The third-order valence-electron chi connectivity index (χ3n) is 4.74. The number of carbonyl (C=O) groups excluding carboxylic acids is 1. The van der Waals surface area contributed by atoms with E-state index in [0.29, 0.717) is 36.7 Å². The first-order valence-electron chi connectivity index (χ1n) is 9.07. The van der Waals surface area contributed by atoms with Crippen LogP contribution < -0.4 is 5.69 Å². The normalized spacial score (nSPS) is 16.5. The molecule has 1 aromatic carbocycles. The first-order valence-corrected chi connectivity index (χ1v) is 9.07. The maximum atomic E-state index is 13.4. The Morgan fingerprint density at radius 3 is 3.04 bits per heavy atom. The molecule has 1 saturated heterocycles. The number of amides is 1. The topological polar surface area (TPSA) is 92.1 Å². The number of aromatic nitrogens is 3. The van der Waals surface area contributed by atoms with Crippen LogP contribution >= 0.6 is 0 Å². The molecule has 1 atom stereocenters. The Kier molecular flexibility index (Phi) is 4.77. The highest BCUT2D eigenvalue weighted by Gasteiger charge is 2.34. The van der Waals surface area contributed by atoms with E-state index in [1.54, 1.807) is 30.2 Å². The molecule has 0 bridgehead atoms. The second-order valence-corrected chi connectivity index (χ2v) is 6.88. The van der Waals surface area contributed by atoms with Crippen molar-refractivity contribution in [2.24, 2.45) is 0 Å². The van der Waals surface area contributed by atoms with E-state index in [1.165, 1.54) is 12.1 Å². The number of oxazole rings is 1. The van der Waals surface area contributed by atoms with E-state index < -0.39 is 5.69 Å². The smallest absolute Gasteiger partial charge is 0.345 e. The Labute approximate surface area is 160 Å². The summed E-state index contributed by atoms with van der Waals surface area (Å²) < 4.78 is 19.2. The number of benzene rings is 1. The summed E-state index contributed by atoms with van der Waals surface area (Å²) in [7, 11) is 0. The fourth-order valence-corrected chi connectivity index (χ4v) is 3.51. The Bertz CT molecular complexity index is 1080. The lowest BCUT2D eigenvalue weighted by atomic mass is 10.1. The Hall–Kier alpha value is -3.29. The van der Waals surface area contributed by atoms with Crippen LogP contribution in [0.2, 0.25) is 0 Å². The number of carbonyl (C=O) groups is 1. The highest BCUT2D eigenvalue weighted by atomic mass is 19.1. The van der Waals surface area contributed by atoms with Gasteiger partial charge in [-0.15, -0.1) is 0 Å². The first kappa shape index (κ1) is 18.1. The van der Waals surface area contributed by atoms with Gasteiger partial charge in [0.2, 0.25) is 5.89 Å².